The Labute approximate surface area is 126 Å². The molecule has 0 radical (unpaired) electrons. The highest BCUT2D eigenvalue weighted by molar-refractivity contribution is 6.23. The Morgan fingerprint density at radius 1 is 1.09 bits per heavy atom. The van der Waals surface area contributed by atoms with Crippen molar-refractivity contribution in [2.75, 3.05) is 24.7 Å². The molecule has 0 saturated carbocycles. The van der Waals surface area contributed by atoms with Crippen LogP contribution >= 0.6 is 0 Å². The number of aromatic nitrogens is 1. The van der Waals surface area contributed by atoms with Gasteiger partial charge in [-0.1, -0.05) is 6.07 Å². The van der Waals surface area contributed by atoms with Crippen molar-refractivity contribution in [2.24, 2.45) is 0 Å². The van der Waals surface area contributed by atoms with E-state index in [-0.39, 0.29) is 16.9 Å². The summed E-state index contributed by atoms with van der Waals surface area (Å²) in [5.74, 6) is -1.23. The number of fused-ring (bicyclic) bond motifs is 1. The number of hydrogen-bond acceptors (Lipinski definition) is 5. The first kappa shape index (κ1) is 13.9. The largest absolute Gasteiger partial charge is 0.384 e. The molecule has 7 heteroatoms. The first-order valence-electron chi connectivity index (χ1n) is 6.59. The highest BCUT2D eigenvalue weighted by atomic mass is 16.2. The fraction of sp³-hybridized carbons (Fsp3) is 0.133. The van der Waals surface area contributed by atoms with Gasteiger partial charge in [0.25, 0.3) is 17.4 Å². The van der Waals surface area contributed by atoms with Gasteiger partial charge in [0.15, 0.2) is 0 Å². The molecule has 0 bridgehead atoms. The molecule has 2 heterocycles. The van der Waals surface area contributed by atoms with E-state index in [0.29, 0.717) is 5.69 Å². The van der Waals surface area contributed by atoms with E-state index in [4.69, 9.17) is 5.73 Å². The smallest absolute Gasteiger partial charge is 0.262 e. The summed E-state index contributed by atoms with van der Waals surface area (Å²) in [7, 11) is 3.75. The number of nitrogens with one attached hydrogen (secondary N) is 1. The number of carbonyl (C=O) groups is 2. The third-order valence-electron chi connectivity index (χ3n) is 3.56. The van der Waals surface area contributed by atoms with Gasteiger partial charge in [-0.15, -0.1) is 0 Å². The molecule has 112 valence electrons. The van der Waals surface area contributed by atoms with Crippen molar-refractivity contribution in [3.63, 3.8) is 0 Å². The molecule has 2 aromatic rings. The van der Waals surface area contributed by atoms with Crippen LogP contribution in [0.2, 0.25) is 0 Å². The molecular formula is C15H14N4O3. The van der Waals surface area contributed by atoms with Crippen molar-refractivity contribution in [3.05, 3.63) is 51.8 Å². The van der Waals surface area contributed by atoms with Crippen molar-refractivity contribution in [3.8, 4) is 5.69 Å². The first-order valence-corrected chi connectivity index (χ1v) is 6.59. The van der Waals surface area contributed by atoms with Gasteiger partial charge in [-0.2, -0.15) is 0 Å². The molecule has 1 aromatic carbocycles. The van der Waals surface area contributed by atoms with E-state index in [1.807, 2.05) is 25.1 Å². The van der Waals surface area contributed by atoms with Crippen LogP contribution in [-0.4, -0.2) is 30.5 Å². The van der Waals surface area contributed by atoms with Gasteiger partial charge in [0, 0.05) is 25.8 Å². The Balaban J connectivity index is 2.28. The summed E-state index contributed by atoms with van der Waals surface area (Å²) in [6, 6.07) is 8.29. The molecule has 22 heavy (non-hydrogen) atoms. The number of amides is 2. The highest BCUT2D eigenvalue weighted by Gasteiger charge is 2.31. The minimum absolute atomic E-state index is 0.0208. The number of benzene rings is 1. The zero-order valence-electron chi connectivity index (χ0n) is 12.1. The monoisotopic (exact) mass is 298 g/mol. The third kappa shape index (κ3) is 1.95. The van der Waals surface area contributed by atoms with Gasteiger partial charge in [0.1, 0.15) is 5.82 Å². The topological polar surface area (TPSA) is 97.4 Å². The van der Waals surface area contributed by atoms with E-state index in [1.54, 1.807) is 18.2 Å². The van der Waals surface area contributed by atoms with E-state index in [9.17, 15) is 14.4 Å². The van der Waals surface area contributed by atoms with Crippen LogP contribution in [0.3, 0.4) is 0 Å². The maximum atomic E-state index is 12.3. The van der Waals surface area contributed by atoms with Crippen LogP contribution in [0.25, 0.3) is 5.69 Å². The normalized spacial score (nSPS) is 13.0. The van der Waals surface area contributed by atoms with Crippen molar-refractivity contribution in [1.29, 1.82) is 0 Å². The number of carbonyl (C=O) groups excluding carboxylic acids is 2. The molecule has 3 rings (SSSR count). The Morgan fingerprint density at radius 2 is 1.82 bits per heavy atom. The molecule has 0 fully saturated rings. The van der Waals surface area contributed by atoms with Crippen molar-refractivity contribution in [1.82, 2.24) is 9.88 Å². The van der Waals surface area contributed by atoms with Crippen LogP contribution in [0.15, 0.2) is 35.1 Å². The van der Waals surface area contributed by atoms with E-state index in [0.717, 1.165) is 11.8 Å². The molecule has 2 amide bonds. The molecule has 1 aliphatic heterocycles. The van der Waals surface area contributed by atoms with Gasteiger partial charge in [0.2, 0.25) is 0 Å². The highest BCUT2D eigenvalue weighted by Crippen LogP contribution is 2.24. The second-order valence-electron chi connectivity index (χ2n) is 5.19. The number of nitrogens with zero attached hydrogens (tertiary/aromatic N) is 2. The molecule has 1 aromatic heterocycles. The number of imide groups is 1. The summed E-state index contributed by atoms with van der Waals surface area (Å²) >= 11 is 0. The fourth-order valence-electron chi connectivity index (χ4n) is 2.46. The van der Waals surface area contributed by atoms with Gasteiger partial charge in [-0.25, -0.2) is 0 Å². The minimum atomic E-state index is -0.599. The lowest BCUT2D eigenvalue weighted by molar-refractivity contribution is 0.0880. The summed E-state index contributed by atoms with van der Waals surface area (Å²) in [4.78, 5) is 37.7. The van der Waals surface area contributed by atoms with Crippen LogP contribution in [0.5, 0.6) is 0 Å². The molecule has 0 spiro atoms. The predicted octanol–water partition coefficient (Wildman–Crippen LogP) is 0.369. The number of nitrogen functional groups attached to an aromatic ring is 1. The second kappa shape index (κ2) is 4.73. The maximum absolute atomic E-state index is 12.3. The lowest BCUT2D eigenvalue weighted by atomic mass is 10.1. The quantitative estimate of drug-likeness (QED) is 0.781. The standard InChI is InChI=1S/C15H14N4O3/c1-18(2)8-4-3-5-9(6-8)19-11(20)7-10-12(13(19)16)15(22)17-14(10)21/h3-7H,16H2,1-2H3,(H,17,21,22). The molecule has 0 aliphatic carbocycles. The van der Waals surface area contributed by atoms with Crippen LogP contribution in [-0.2, 0) is 0 Å². The van der Waals surface area contributed by atoms with Crippen LogP contribution in [0.4, 0.5) is 11.5 Å². The van der Waals surface area contributed by atoms with Gasteiger partial charge in [0.05, 0.1) is 16.8 Å². The SMILES string of the molecule is CN(C)c1cccc(-n2c(N)c3c(cc2=O)C(=O)NC3=O)c1. The van der Waals surface area contributed by atoms with Crippen LogP contribution < -0.4 is 21.5 Å². The first-order chi connectivity index (χ1) is 10.4. The number of anilines is 2. The fourth-order valence-corrected chi connectivity index (χ4v) is 2.46. The van der Waals surface area contributed by atoms with Crippen LogP contribution in [0, 0.1) is 0 Å². The van der Waals surface area contributed by atoms with Gasteiger partial charge >= 0.3 is 0 Å². The minimum Gasteiger partial charge on any atom is -0.384 e. The molecule has 0 unspecified atom stereocenters. The molecule has 3 N–H and O–H groups in total. The Bertz CT molecular complexity index is 868. The van der Waals surface area contributed by atoms with E-state index < -0.39 is 17.4 Å². The molecule has 7 nitrogen and oxygen atoms in total. The lowest BCUT2D eigenvalue weighted by Gasteiger charge is -2.16. The average molecular weight is 298 g/mol. The lowest BCUT2D eigenvalue weighted by Crippen LogP contribution is -2.24. The molecule has 0 saturated heterocycles. The summed E-state index contributed by atoms with van der Waals surface area (Å²) in [5.41, 5.74) is 6.99. The Kier molecular flexibility index (Phi) is 2.98. The predicted molar refractivity (Wildman–Crippen MR) is 82.6 cm³/mol. The molecular weight excluding hydrogens is 284 g/mol. The van der Waals surface area contributed by atoms with Crippen molar-refractivity contribution in [2.45, 2.75) is 0 Å². The van der Waals surface area contributed by atoms with Gasteiger partial charge in [-0.05, 0) is 18.2 Å². The second-order valence-corrected chi connectivity index (χ2v) is 5.19. The summed E-state index contributed by atoms with van der Waals surface area (Å²) in [5, 5.41) is 2.14. The number of pyridine rings is 1. The number of rotatable bonds is 2. The average Bonchev–Trinajstić information content (AvgIpc) is 2.74. The van der Waals surface area contributed by atoms with Gasteiger partial charge < -0.3 is 10.6 Å². The number of hydrogen-bond donors (Lipinski definition) is 2. The third-order valence-corrected chi connectivity index (χ3v) is 3.56. The maximum Gasteiger partial charge on any atom is 0.262 e. The summed E-state index contributed by atoms with van der Waals surface area (Å²) in [6.45, 7) is 0. The zero-order valence-corrected chi connectivity index (χ0v) is 12.1. The summed E-state index contributed by atoms with van der Waals surface area (Å²) < 4.78 is 1.23. The van der Waals surface area contributed by atoms with Crippen molar-refractivity contribution >= 4 is 23.3 Å². The van der Waals surface area contributed by atoms with E-state index in [1.165, 1.54) is 4.57 Å². The van der Waals surface area contributed by atoms with E-state index in [2.05, 4.69) is 5.32 Å². The van der Waals surface area contributed by atoms with Gasteiger partial charge in [-0.3, -0.25) is 24.3 Å². The number of nitrogens with two attached hydrogens (primary N) is 1. The molecule has 0 atom stereocenters. The Hall–Kier alpha value is -3.09. The Morgan fingerprint density at radius 3 is 2.50 bits per heavy atom. The van der Waals surface area contributed by atoms with Crippen molar-refractivity contribution < 1.29 is 9.59 Å². The summed E-state index contributed by atoms with van der Waals surface area (Å²) in [6.07, 6.45) is 0. The van der Waals surface area contributed by atoms with E-state index >= 15 is 0 Å². The zero-order chi connectivity index (χ0) is 16.0. The van der Waals surface area contributed by atoms with Crippen LogP contribution in [0.1, 0.15) is 20.7 Å². The molecule has 1 aliphatic rings.